The zero-order chi connectivity index (χ0) is 17.7. The number of amides is 2. The summed E-state index contributed by atoms with van der Waals surface area (Å²) < 4.78 is 0. The predicted octanol–water partition coefficient (Wildman–Crippen LogP) is 4.14. The molecule has 0 aliphatic rings. The van der Waals surface area contributed by atoms with Gasteiger partial charge in [0.2, 0.25) is 5.91 Å². The van der Waals surface area contributed by atoms with Gasteiger partial charge >= 0.3 is 0 Å². The Morgan fingerprint density at radius 3 is 2.33 bits per heavy atom. The third kappa shape index (κ3) is 4.44. The Bertz CT molecular complexity index is 736. The molecule has 126 valence electrons. The molecule has 0 aliphatic carbocycles. The largest absolute Gasteiger partial charge is 0.346 e. The highest BCUT2D eigenvalue weighted by atomic mass is 16.2. The Hall–Kier alpha value is -2.62. The van der Waals surface area contributed by atoms with Gasteiger partial charge in [-0.05, 0) is 50.1 Å². The molecule has 0 fully saturated rings. The van der Waals surface area contributed by atoms with E-state index in [0.717, 1.165) is 22.4 Å². The lowest BCUT2D eigenvalue weighted by Crippen LogP contribution is -2.27. The number of benzene rings is 2. The van der Waals surface area contributed by atoms with Crippen molar-refractivity contribution in [1.82, 2.24) is 5.32 Å². The lowest BCUT2D eigenvalue weighted by Gasteiger charge is -2.16. The molecule has 0 bridgehead atoms. The van der Waals surface area contributed by atoms with Crippen molar-refractivity contribution in [2.45, 2.75) is 40.2 Å². The van der Waals surface area contributed by atoms with Gasteiger partial charge < -0.3 is 10.6 Å². The van der Waals surface area contributed by atoms with E-state index >= 15 is 0 Å². The summed E-state index contributed by atoms with van der Waals surface area (Å²) in [5.74, 6) is -0.0916. The predicted molar refractivity (Wildman–Crippen MR) is 97.2 cm³/mol. The van der Waals surface area contributed by atoms with Crippen LogP contribution in [0.2, 0.25) is 0 Å². The van der Waals surface area contributed by atoms with Gasteiger partial charge in [-0.2, -0.15) is 0 Å². The molecule has 2 aromatic rings. The molecule has 1 atom stereocenters. The molecule has 4 nitrogen and oxygen atoms in total. The molecule has 2 rings (SSSR count). The summed E-state index contributed by atoms with van der Waals surface area (Å²) in [6.45, 7) is 7.67. The van der Waals surface area contributed by atoms with Gasteiger partial charge in [0.15, 0.2) is 0 Å². The molecule has 24 heavy (non-hydrogen) atoms. The lowest BCUT2D eigenvalue weighted by atomic mass is 10.0. The Balaban J connectivity index is 2.06. The van der Waals surface area contributed by atoms with Crippen molar-refractivity contribution in [3.8, 4) is 0 Å². The Kier molecular flexibility index (Phi) is 5.74. The summed E-state index contributed by atoms with van der Waals surface area (Å²) in [7, 11) is 0. The maximum absolute atomic E-state index is 12.5. The van der Waals surface area contributed by atoms with Crippen LogP contribution < -0.4 is 10.6 Å². The van der Waals surface area contributed by atoms with E-state index in [1.165, 1.54) is 0 Å². The minimum absolute atomic E-state index is 0.0148. The molecular formula is C20H24N2O2. The number of hydrogen-bond acceptors (Lipinski definition) is 2. The van der Waals surface area contributed by atoms with Gasteiger partial charge in [0.05, 0.1) is 6.04 Å². The molecule has 2 N–H and O–H groups in total. The Labute approximate surface area is 143 Å². The minimum Gasteiger partial charge on any atom is -0.346 e. The van der Waals surface area contributed by atoms with Crippen LogP contribution in [0.5, 0.6) is 0 Å². The number of carbonyl (C=O) groups is 2. The van der Waals surface area contributed by atoms with Crippen LogP contribution in [0, 0.1) is 13.8 Å². The fraction of sp³-hybridized carbons (Fsp3) is 0.300. The third-order valence-electron chi connectivity index (χ3n) is 4.00. The molecule has 2 aromatic carbocycles. The van der Waals surface area contributed by atoms with E-state index in [1.807, 2.05) is 70.2 Å². The van der Waals surface area contributed by atoms with Crippen molar-refractivity contribution >= 4 is 17.5 Å². The standard InChI is InChI=1S/C20H24N2O2/c1-5-19(23)22-17-10-8-16(9-11-17)15(4)21-20(24)18-12-13(2)6-7-14(18)3/h6-12,15H,5H2,1-4H3,(H,21,24)(H,22,23). The minimum atomic E-state index is -0.117. The van der Waals surface area contributed by atoms with E-state index in [0.29, 0.717) is 12.0 Å². The molecule has 0 aromatic heterocycles. The van der Waals surface area contributed by atoms with Crippen molar-refractivity contribution in [2.75, 3.05) is 5.32 Å². The maximum atomic E-state index is 12.5. The van der Waals surface area contributed by atoms with Gasteiger partial charge in [0.1, 0.15) is 0 Å². The second-order valence-electron chi connectivity index (χ2n) is 6.04. The molecule has 0 aliphatic heterocycles. The molecule has 0 heterocycles. The van der Waals surface area contributed by atoms with Gasteiger partial charge in [-0.3, -0.25) is 9.59 Å². The van der Waals surface area contributed by atoms with Crippen LogP contribution in [-0.2, 0) is 4.79 Å². The topological polar surface area (TPSA) is 58.2 Å². The average molecular weight is 324 g/mol. The van der Waals surface area contributed by atoms with Crippen molar-refractivity contribution in [3.05, 3.63) is 64.7 Å². The first-order chi connectivity index (χ1) is 11.4. The Morgan fingerprint density at radius 1 is 1.04 bits per heavy atom. The fourth-order valence-corrected chi connectivity index (χ4v) is 2.44. The van der Waals surface area contributed by atoms with E-state index in [-0.39, 0.29) is 17.9 Å². The SMILES string of the molecule is CCC(=O)Nc1ccc(C(C)NC(=O)c2cc(C)ccc2C)cc1. The maximum Gasteiger partial charge on any atom is 0.252 e. The normalized spacial score (nSPS) is 11.7. The van der Waals surface area contributed by atoms with E-state index in [4.69, 9.17) is 0 Å². The first-order valence-electron chi connectivity index (χ1n) is 8.18. The summed E-state index contributed by atoms with van der Waals surface area (Å²) in [5.41, 5.74) is 4.48. The van der Waals surface area contributed by atoms with Crippen molar-refractivity contribution in [2.24, 2.45) is 0 Å². The molecule has 0 spiro atoms. The number of aryl methyl sites for hydroxylation is 2. The van der Waals surface area contributed by atoms with Crippen LogP contribution in [0.4, 0.5) is 5.69 Å². The van der Waals surface area contributed by atoms with Gasteiger partial charge in [-0.1, -0.05) is 36.8 Å². The monoisotopic (exact) mass is 324 g/mol. The van der Waals surface area contributed by atoms with Crippen LogP contribution in [-0.4, -0.2) is 11.8 Å². The highest BCUT2D eigenvalue weighted by molar-refractivity contribution is 5.96. The van der Waals surface area contributed by atoms with Crippen LogP contribution >= 0.6 is 0 Å². The van der Waals surface area contributed by atoms with Crippen LogP contribution in [0.3, 0.4) is 0 Å². The Morgan fingerprint density at radius 2 is 1.71 bits per heavy atom. The lowest BCUT2D eigenvalue weighted by molar-refractivity contribution is -0.115. The number of hydrogen-bond donors (Lipinski definition) is 2. The summed E-state index contributed by atoms with van der Waals surface area (Å²) >= 11 is 0. The first-order valence-corrected chi connectivity index (χ1v) is 8.18. The number of rotatable bonds is 5. The molecule has 0 radical (unpaired) electrons. The molecule has 0 saturated carbocycles. The highest BCUT2D eigenvalue weighted by Gasteiger charge is 2.13. The first kappa shape index (κ1) is 17.7. The zero-order valence-electron chi connectivity index (χ0n) is 14.6. The van der Waals surface area contributed by atoms with E-state index in [1.54, 1.807) is 0 Å². The van der Waals surface area contributed by atoms with Crippen molar-refractivity contribution in [3.63, 3.8) is 0 Å². The molecule has 4 heteroatoms. The third-order valence-corrected chi connectivity index (χ3v) is 4.00. The van der Waals surface area contributed by atoms with Crippen molar-refractivity contribution in [1.29, 1.82) is 0 Å². The quantitative estimate of drug-likeness (QED) is 0.868. The molecule has 2 amide bonds. The van der Waals surface area contributed by atoms with Crippen LogP contribution in [0.1, 0.15) is 53.4 Å². The highest BCUT2D eigenvalue weighted by Crippen LogP contribution is 2.18. The molecule has 1 unspecified atom stereocenters. The zero-order valence-corrected chi connectivity index (χ0v) is 14.6. The summed E-state index contributed by atoms with van der Waals surface area (Å²) in [6, 6.07) is 13.3. The summed E-state index contributed by atoms with van der Waals surface area (Å²) in [5, 5.41) is 5.84. The van der Waals surface area contributed by atoms with Gasteiger partial charge in [-0.15, -0.1) is 0 Å². The fourth-order valence-electron chi connectivity index (χ4n) is 2.44. The van der Waals surface area contributed by atoms with Crippen molar-refractivity contribution < 1.29 is 9.59 Å². The summed E-state index contributed by atoms with van der Waals surface area (Å²) in [4.78, 5) is 23.9. The van der Waals surface area contributed by atoms with Gasteiger partial charge in [0.25, 0.3) is 5.91 Å². The molecule has 0 saturated heterocycles. The number of carbonyl (C=O) groups excluding carboxylic acids is 2. The second kappa shape index (κ2) is 7.77. The average Bonchev–Trinajstić information content (AvgIpc) is 2.57. The second-order valence-corrected chi connectivity index (χ2v) is 6.04. The van der Waals surface area contributed by atoms with Gasteiger partial charge in [0, 0.05) is 17.7 Å². The van der Waals surface area contributed by atoms with E-state index < -0.39 is 0 Å². The number of nitrogens with one attached hydrogen (secondary N) is 2. The van der Waals surface area contributed by atoms with E-state index in [2.05, 4.69) is 10.6 Å². The van der Waals surface area contributed by atoms with E-state index in [9.17, 15) is 9.59 Å². The van der Waals surface area contributed by atoms with Crippen LogP contribution in [0.15, 0.2) is 42.5 Å². The number of anilines is 1. The van der Waals surface area contributed by atoms with Crippen LogP contribution in [0.25, 0.3) is 0 Å². The summed E-state index contributed by atoms with van der Waals surface area (Å²) in [6.07, 6.45) is 0.448. The molecular weight excluding hydrogens is 300 g/mol. The van der Waals surface area contributed by atoms with Gasteiger partial charge in [-0.25, -0.2) is 0 Å². The smallest absolute Gasteiger partial charge is 0.252 e.